The van der Waals surface area contributed by atoms with Crippen molar-refractivity contribution in [2.45, 2.75) is 13.3 Å². The fourth-order valence-corrected chi connectivity index (χ4v) is 3.12. The van der Waals surface area contributed by atoms with Crippen LogP contribution in [0.15, 0.2) is 30.3 Å². The summed E-state index contributed by atoms with van der Waals surface area (Å²) in [4.78, 5) is 17.6. The summed E-state index contributed by atoms with van der Waals surface area (Å²) in [6.45, 7) is 4.28. The molecule has 0 radical (unpaired) electrons. The molecule has 0 atom stereocenters. The van der Waals surface area contributed by atoms with E-state index in [1.165, 1.54) is 4.88 Å². The zero-order chi connectivity index (χ0) is 16.5. The van der Waals surface area contributed by atoms with Crippen molar-refractivity contribution in [3.63, 3.8) is 0 Å². The maximum Gasteiger partial charge on any atom is 0.233 e. The van der Waals surface area contributed by atoms with E-state index in [-0.39, 0.29) is 5.91 Å². The standard InChI is InChI=1S/C17H23N3O2S/c1-13-17(14-6-4-3-5-7-14)20-16(23-13)8-9-19-15(21)12-18-10-11-22-2/h3-7,18H,8-12H2,1-2H3,(H,19,21). The van der Waals surface area contributed by atoms with E-state index in [0.717, 1.165) is 22.7 Å². The van der Waals surface area contributed by atoms with Crippen molar-refractivity contribution in [3.8, 4) is 11.3 Å². The topological polar surface area (TPSA) is 63.2 Å². The summed E-state index contributed by atoms with van der Waals surface area (Å²) in [6, 6.07) is 10.2. The Morgan fingerprint density at radius 3 is 2.78 bits per heavy atom. The monoisotopic (exact) mass is 333 g/mol. The van der Waals surface area contributed by atoms with E-state index in [1.54, 1.807) is 18.4 Å². The van der Waals surface area contributed by atoms with Crippen molar-refractivity contribution >= 4 is 17.2 Å². The van der Waals surface area contributed by atoms with Crippen LogP contribution in [-0.4, -0.2) is 44.2 Å². The fourth-order valence-electron chi connectivity index (χ4n) is 2.17. The van der Waals surface area contributed by atoms with Gasteiger partial charge >= 0.3 is 0 Å². The van der Waals surface area contributed by atoms with E-state index in [1.807, 2.05) is 18.2 Å². The molecule has 2 aromatic rings. The van der Waals surface area contributed by atoms with Crippen LogP contribution in [-0.2, 0) is 16.0 Å². The lowest BCUT2D eigenvalue weighted by molar-refractivity contribution is -0.120. The molecule has 6 heteroatoms. The van der Waals surface area contributed by atoms with Crippen molar-refractivity contribution in [2.24, 2.45) is 0 Å². The highest BCUT2D eigenvalue weighted by molar-refractivity contribution is 7.12. The maximum atomic E-state index is 11.7. The Morgan fingerprint density at radius 2 is 2.04 bits per heavy atom. The third kappa shape index (κ3) is 5.74. The van der Waals surface area contributed by atoms with Crippen molar-refractivity contribution in [3.05, 3.63) is 40.2 Å². The summed E-state index contributed by atoms with van der Waals surface area (Å²) >= 11 is 1.69. The highest BCUT2D eigenvalue weighted by Crippen LogP contribution is 2.27. The molecular formula is C17H23N3O2S. The maximum absolute atomic E-state index is 11.7. The van der Waals surface area contributed by atoms with E-state index in [2.05, 4.69) is 29.7 Å². The molecular weight excluding hydrogens is 310 g/mol. The van der Waals surface area contributed by atoms with Crippen molar-refractivity contribution in [1.29, 1.82) is 0 Å². The predicted octanol–water partition coefficient (Wildman–Crippen LogP) is 2.01. The van der Waals surface area contributed by atoms with Crippen LogP contribution in [0.3, 0.4) is 0 Å². The first-order chi connectivity index (χ1) is 11.2. The summed E-state index contributed by atoms with van der Waals surface area (Å²) in [5.74, 6) is -0.00216. The molecule has 0 aliphatic heterocycles. The lowest BCUT2D eigenvalue weighted by Gasteiger charge is -2.05. The predicted molar refractivity (Wildman–Crippen MR) is 93.7 cm³/mol. The zero-order valence-corrected chi connectivity index (χ0v) is 14.4. The number of ether oxygens (including phenoxy) is 1. The van der Waals surface area contributed by atoms with Crippen LogP contribution >= 0.6 is 11.3 Å². The van der Waals surface area contributed by atoms with Gasteiger partial charge in [-0.15, -0.1) is 11.3 Å². The average molecular weight is 333 g/mol. The second kappa shape index (κ2) is 9.39. The SMILES string of the molecule is COCCNCC(=O)NCCc1nc(-c2ccccc2)c(C)s1. The second-order valence-corrected chi connectivity index (χ2v) is 6.44. The second-order valence-electron chi connectivity index (χ2n) is 5.15. The number of thiazole rings is 1. The van der Waals surface area contributed by atoms with Crippen molar-refractivity contribution < 1.29 is 9.53 Å². The van der Waals surface area contributed by atoms with Gasteiger partial charge in [0.15, 0.2) is 0 Å². The molecule has 0 saturated carbocycles. The molecule has 2 N–H and O–H groups in total. The number of aromatic nitrogens is 1. The fraction of sp³-hybridized carbons (Fsp3) is 0.412. The summed E-state index contributed by atoms with van der Waals surface area (Å²) < 4.78 is 4.91. The van der Waals surface area contributed by atoms with E-state index < -0.39 is 0 Å². The Hall–Kier alpha value is -1.76. The van der Waals surface area contributed by atoms with Crippen LogP contribution in [0.4, 0.5) is 0 Å². The highest BCUT2D eigenvalue weighted by atomic mass is 32.1. The molecule has 5 nitrogen and oxygen atoms in total. The molecule has 1 heterocycles. The van der Waals surface area contributed by atoms with Gasteiger partial charge in [-0.05, 0) is 6.92 Å². The van der Waals surface area contributed by atoms with Crippen LogP contribution < -0.4 is 10.6 Å². The van der Waals surface area contributed by atoms with E-state index in [4.69, 9.17) is 9.72 Å². The number of amides is 1. The van der Waals surface area contributed by atoms with Gasteiger partial charge in [-0.1, -0.05) is 30.3 Å². The lowest BCUT2D eigenvalue weighted by Crippen LogP contribution is -2.36. The van der Waals surface area contributed by atoms with Crippen LogP contribution in [0.2, 0.25) is 0 Å². The van der Waals surface area contributed by atoms with Gasteiger partial charge in [-0.25, -0.2) is 4.98 Å². The molecule has 0 spiro atoms. The zero-order valence-electron chi connectivity index (χ0n) is 13.6. The summed E-state index contributed by atoms with van der Waals surface area (Å²) in [7, 11) is 1.64. The number of nitrogens with one attached hydrogen (secondary N) is 2. The number of carbonyl (C=O) groups is 1. The number of hydrogen-bond acceptors (Lipinski definition) is 5. The molecule has 0 unspecified atom stereocenters. The number of benzene rings is 1. The van der Waals surface area contributed by atoms with Gasteiger partial charge in [0.1, 0.15) is 0 Å². The first kappa shape index (κ1) is 17.6. The van der Waals surface area contributed by atoms with E-state index in [0.29, 0.717) is 26.2 Å². The number of nitrogens with zero attached hydrogens (tertiary/aromatic N) is 1. The third-order valence-electron chi connectivity index (χ3n) is 3.32. The van der Waals surface area contributed by atoms with Crippen LogP contribution in [0.5, 0.6) is 0 Å². The number of aryl methyl sites for hydroxylation is 1. The number of hydrogen-bond donors (Lipinski definition) is 2. The smallest absolute Gasteiger partial charge is 0.233 e. The molecule has 0 aliphatic rings. The molecule has 0 bridgehead atoms. The minimum atomic E-state index is -0.00216. The van der Waals surface area contributed by atoms with Gasteiger partial charge < -0.3 is 15.4 Å². The van der Waals surface area contributed by atoms with Gasteiger partial charge in [0, 0.05) is 37.1 Å². The van der Waals surface area contributed by atoms with Crippen LogP contribution in [0.25, 0.3) is 11.3 Å². The Kier molecular flexibility index (Phi) is 7.19. The Bertz CT molecular complexity index is 614. The molecule has 2 rings (SSSR count). The molecule has 0 saturated heterocycles. The van der Waals surface area contributed by atoms with Crippen LogP contribution in [0, 0.1) is 6.92 Å². The first-order valence-electron chi connectivity index (χ1n) is 7.68. The minimum absolute atomic E-state index is 0.00216. The molecule has 23 heavy (non-hydrogen) atoms. The summed E-state index contributed by atoms with van der Waals surface area (Å²) in [5, 5.41) is 6.97. The quantitative estimate of drug-likeness (QED) is 0.689. The lowest BCUT2D eigenvalue weighted by atomic mass is 10.1. The third-order valence-corrected chi connectivity index (χ3v) is 4.35. The Morgan fingerprint density at radius 1 is 1.26 bits per heavy atom. The molecule has 124 valence electrons. The molecule has 1 aromatic carbocycles. The van der Waals surface area contributed by atoms with Crippen LogP contribution in [0.1, 0.15) is 9.88 Å². The molecule has 0 fully saturated rings. The largest absolute Gasteiger partial charge is 0.383 e. The summed E-state index contributed by atoms with van der Waals surface area (Å²) in [6.07, 6.45) is 0.752. The summed E-state index contributed by atoms with van der Waals surface area (Å²) in [5.41, 5.74) is 2.18. The van der Waals surface area contributed by atoms with Crippen molar-refractivity contribution in [1.82, 2.24) is 15.6 Å². The average Bonchev–Trinajstić information content (AvgIpc) is 2.93. The first-order valence-corrected chi connectivity index (χ1v) is 8.50. The molecule has 1 amide bonds. The highest BCUT2D eigenvalue weighted by Gasteiger charge is 2.09. The number of carbonyl (C=O) groups excluding carboxylic acids is 1. The van der Waals surface area contributed by atoms with Gasteiger partial charge in [0.05, 0.1) is 23.9 Å². The Balaban J connectivity index is 1.77. The van der Waals surface area contributed by atoms with E-state index in [9.17, 15) is 4.79 Å². The molecule has 0 aliphatic carbocycles. The van der Waals surface area contributed by atoms with Gasteiger partial charge in [0.25, 0.3) is 0 Å². The van der Waals surface area contributed by atoms with Gasteiger partial charge in [0.2, 0.25) is 5.91 Å². The van der Waals surface area contributed by atoms with Gasteiger partial charge in [-0.2, -0.15) is 0 Å². The van der Waals surface area contributed by atoms with Gasteiger partial charge in [-0.3, -0.25) is 4.79 Å². The van der Waals surface area contributed by atoms with Crippen molar-refractivity contribution in [2.75, 3.05) is 33.4 Å². The Labute approximate surface area is 141 Å². The minimum Gasteiger partial charge on any atom is -0.383 e. The normalized spacial score (nSPS) is 10.7. The number of rotatable bonds is 9. The molecule has 1 aromatic heterocycles. The number of methoxy groups -OCH3 is 1. The van der Waals surface area contributed by atoms with E-state index >= 15 is 0 Å².